The van der Waals surface area contributed by atoms with Gasteiger partial charge in [-0.3, -0.25) is 9.69 Å². The highest BCUT2D eigenvalue weighted by atomic mass is 16.2. The van der Waals surface area contributed by atoms with Crippen LogP contribution < -0.4 is 5.73 Å². The van der Waals surface area contributed by atoms with Crippen LogP contribution in [0.1, 0.15) is 18.1 Å². The standard InChI is InChI=1S/C23H32N4O/c1-23(24,21-11-7-4-8-12-21)22(28)27-17-15-26(16-18-27)14-13-25(2)19-20-9-5-3-6-10-20/h3-12H,13-19,24H2,1-2H3. The fourth-order valence-electron chi connectivity index (χ4n) is 3.70. The van der Waals surface area contributed by atoms with Crippen molar-refractivity contribution in [2.24, 2.45) is 5.73 Å². The smallest absolute Gasteiger partial charge is 0.247 e. The Labute approximate surface area is 168 Å². The van der Waals surface area contributed by atoms with Gasteiger partial charge in [0.1, 0.15) is 5.54 Å². The molecule has 5 nitrogen and oxygen atoms in total. The van der Waals surface area contributed by atoms with Crippen molar-refractivity contribution in [1.29, 1.82) is 0 Å². The molecule has 1 aliphatic rings. The third-order valence-corrected chi connectivity index (χ3v) is 5.57. The second kappa shape index (κ2) is 9.32. The Morgan fingerprint density at radius 2 is 1.57 bits per heavy atom. The van der Waals surface area contributed by atoms with E-state index < -0.39 is 5.54 Å². The fourth-order valence-corrected chi connectivity index (χ4v) is 3.70. The van der Waals surface area contributed by atoms with E-state index in [0.717, 1.165) is 51.4 Å². The molecular weight excluding hydrogens is 348 g/mol. The molecule has 0 radical (unpaired) electrons. The lowest BCUT2D eigenvalue weighted by Gasteiger charge is -2.39. The fraction of sp³-hybridized carbons (Fsp3) is 0.435. The first-order valence-corrected chi connectivity index (χ1v) is 10.1. The van der Waals surface area contributed by atoms with E-state index in [1.165, 1.54) is 5.56 Å². The molecule has 1 atom stereocenters. The van der Waals surface area contributed by atoms with Crippen molar-refractivity contribution >= 4 is 5.91 Å². The lowest BCUT2D eigenvalue weighted by atomic mass is 9.91. The summed E-state index contributed by atoms with van der Waals surface area (Å²) in [5.41, 5.74) is 7.64. The minimum Gasteiger partial charge on any atom is -0.338 e. The average Bonchev–Trinajstić information content (AvgIpc) is 2.73. The van der Waals surface area contributed by atoms with Crippen molar-refractivity contribution < 1.29 is 4.79 Å². The van der Waals surface area contributed by atoms with Gasteiger partial charge in [0, 0.05) is 45.8 Å². The van der Waals surface area contributed by atoms with Crippen LogP contribution in [0.2, 0.25) is 0 Å². The molecule has 0 bridgehead atoms. The van der Waals surface area contributed by atoms with E-state index in [9.17, 15) is 4.79 Å². The summed E-state index contributed by atoms with van der Waals surface area (Å²) in [6.07, 6.45) is 0. The van der Waals surface area contributed by atoms with Gasteiger partial charge in [-0.2, -0.15) is 0 Å². The van der Waals surface area contributed by atoms with Gasteiger partial charge in [0.2, 0.25) is 5.91 Å². The van der Waals surface area contributed by atoms with Crippen molar-refractivity contribution in [1.82, 2.24) is 14.7 Å². The van der Waals surface area contributed by atoms with Crippen molar-refractivity contribution in [2.45, 2.75) is 19.0 Å². The highest BCUT2D eigenvalue weighted by Crippen LogP contribution is 2.21. The molecule has 1 amide bonds. The molecule has 0 aliphatic carbocycles. The predicted molar refractivity (Wildman–Crippen MR) is 114 cm³/mol. The second-order valence-corrected chi connectivity index (χ2v) is 7.93. The molecule has 2 N–H and O–H groups in total. The summed E-state index contributed by atoms with van der Waals surface area (Å²) in [6, 6.07) is 20.2. The Balaban J connectivity index is 1.44. The van der Waals surface area contributed by atoms with Crippen molar-refractivity contribution in [3.63, 3.8) is 0 Å². The van der Waals surface area contributed by atoms with E-state index in [1.807, 2.05) is 48.2 Å². The Morgan fingerprint density at radius 1 is 1.00 bits per heavy atom. The molecule has 0 saturated carbocycles. The number of benzene rings is 2. The molecule has 0 spiro atoms. The molecule has 1 saturated heterocycles. The summed E-state index contributed by atoms with van der Waals surface area (Å²) in [5.74, 6) is 0.0135. The van der Waals surface area contributed by atoms with Crippen LogP contribution in [0.3, 0.4) is 0 Å². The summed E-state index contributed by atoms with van der Waals surface area (Å²) >= 11 is 0. The molecule has 1 fully saturated rings. The van der Waals surface area contributed by atoms with Crippen molar-refractivity contribution in [3.05, 3.63) is 71.8 Å². The van der Waals surface area contributed by atoms with Crippen LogP contribution in [0.4, 0.5) is 0 Å². The van der Waals surface area contributed by atoms with Gasteiger partial charge in [-0.15, -0.1) is 0 Å². The first-order valence-electron chi connectivity index (χ1n) is 10.1. The summed E-state index contributed by atoms with van der Waals surface area (Å²) in [7, 11) is 2.16. The second-order valence-electron chi connectivity index (χ2n) is 7.93. The number of amides is 1. The molecule has 2 aromatic rings. The zero-order valence-electron chi connectivity index (χ0n) is 17.1. The van der Waals surface area contributed by atoms with E-state index in [2.05, 4.69) is 41.1 Å². The SMILES string of the molecule is CN(CCN1CCN(C(=O)C(C)(N)c2ccccc2)CC1)Cc1ccccc1. The van der Waals surface area contributed by atoms with Crippen molar-refractivity contribution in [3.8, 4) is 0 Å². The number of nitrogens with zero attached hydrogens (tertiary/aromatic N) is 3. The van der Waals surface area contributed by atoms with E-state index in [1.54, 1.807) is 0 Å². The van der Waals surface area contributed by atoms with Crippen molar-refractivity contribution in [2.75, 3.05) is 46.3 Å². The lowest BCUT2D eigenvalue weighted by molar-refractivity contribution is -0.138. The topological polar surface area (TPSA) is 52.8 Å². The highest BCUT2D eigenvalue weighted by Gasteiger charge is 2.35. The molecule has 2 aromatic carbocycles. The van der Waals surface area contributed by atoms with Gasteiger partial charge in [0.05, 0.1) is 0 Å². The molecule has 5 heteroatoms. The van der Waals surface area contributed by atoms with E-state index in [-0.39, 0.29) is 5.91 Å². The zero-order chi connectivity index (χ0) is 20.0. The van der Waals surface area contributed by atoms with Crippen LogP contribution in [-0.2, 0) is 16.9 Å². The number of piperazine rings is 1. The average molecular weight is 381 g/mol. The number of carbonyl (C=O) groups excluding carboxylic acids is 1. The molecule has 3 rings (SSSR count). The normalized spacial score (nSPS) is 17.5. The maximum atomic E-state index is 13.0. The van der Waals surface area contributed by atoms with Gasteiger partial charge < -0.3 is 15.5 Å². The first kappa shape index (κ1) is 20.5. The van der Waals surface area contributed by atoms with Gasteiger partial charge >= 0.3 is 0 Å². The molecule has 150 valence electrons. The summed E-state index contributed by atoms with van der Waals surface area (Å²) in [5, 5.41) is 0. The van der Waals surface area contributed by atoms with E-state index >= 15 is 0 Å². The van der Waals surface area contributed by atoms with Crippen LogP contribution in [-0.4, -0.2) is 66.9 Å². The molecule has 1 aliphatic heterocycles. The molecule has 0 aromatic heterocycles. The molecule has 1 unspecified atom stereocenters. The molecule has 1 heterocycles. The Bertz CT molecular complexity index is 740. The Kier molecular flexibility index (Phi) is 6.83. The third kappa shape index (κ3) is 5.19. The summed E-state index contributed by atoms with van der Waals surface area (Å²) in [4.78, 5) is 19.7. The van der Waals surface area contributed by atoms with Crippen LogP contribution in [0, 0.1) is 0 Å². The van der Waals surface area contributed by atoms with Gasteiger partial charge in [0.25, 0.3) is 0 Å². The van der Waals surface area contributed by atoms with Gasteiger partial charge in [-0.1, -0.05) is 60.7 Å². The number of nitrogens with two attached hydrogens (primary N) is 1. The monoisotopic (exact) mass is 380 g/mol. The summed E-state index contributed by atoms with van der Waals surface area (Å²) in [6.45, 7) is 8.08. The minimum absolute atomic E-state index is 0.0135. The lowest BCUT2D eigenvalue weighted by Crippen LogP contribution is -2.57. The van der Waals surface area contributed by atoms with E-state index in [0.29, 0.717) is 0 Å². The Hall–Kier alpha value is -2.21. The van der Waals surface area contributed by atoms with Gasteiger partial charge in [-0.25, -0.2) is 0 Å². The first-order chi connectivity index (χ1) is 13.5. The maximum Gasteiger partial charge on any atom is 0.247 e. The maximum absolute atomic E-state index is 13.0. The van der Waals surface area contributed by atoms with Crippen LogP contribution in [0.5, 0.6) is 0 Å². The van der Waals surface area contributed by atoms with Gasteiger partial charge in [0.15, 0.2) is 0 Å². The number of likely N-dealkylation sites (N-methyl/N-ethyl adjacent to an activating group) is 1. The third-order valence-electron chi connectivity index (χ3n) is 5.57. The largest absolute Gasteiger partial charge is 0.338 e. The number of rotatable bonds is 7. The zero-order valence-corrected chi connectivity index (χ0v) is 17.1. The number of hydrogen-bond donors (Lipinski definition) is 1. The molecular formula is C23H32N4O. The van der Waals surface area contributed by atoms with Crippen LogP contribution in [0.15, 0.2) is 60.7 Å². The summed E-state index contributed by atoms with van der Waals surface area (Å²) < 4.78 is 0. The Morgan fingerprint density at radius 3 is 2.18 bits per heavy atom. The van der Waals surface area contributed by atoms with Gasteiger partial charge in [-0.05, 0) is 25.1 Å². The number of carbonyl (C=O) groups is 1. The highest BCUT2D eigenvalue weighted by molar-refractivity contribution is 5.87. The number of hydrogen-bond acceptors (Lipinski definition) is 4. The minimum atomic E-state index is -0.973. The predicted octanol–water partition coefficient (Wildman–Crippen LogP) is 2.14. The van der Waals surface area contributed by atoms with Crippen LogP contribution >= 0.6 is 0 Å². The van der Waals surface area contributed by atoms with E-state index in [4.69, 9.17) is 5.73 Å². The quantitative estimate of drug-likeness (QED) is 0.800. The molecule has 28 heavy (non-hydrogen) atoms. The van der Waals surface area contributed by atoms with Crippen LogP contribution in [0.25, 0.3) is 0 Å².